The standard InChI is InChI=1S/C9H11N3.C4H6O3/c1-2-12-8-5-3-4-7(6-10)9(8)11;1-3(5)2-4(6)7/h3-5,12H,2,11H2,1H3;2H2,1H3,(H,6,7). The van der Waals surface area contributed by atoms with Gasteiger partial charge >= 0.3 is 5.97 Å². The molecule has 0 heterocycles. The molecule has 0 amide bonds. The first-order chi connectivity index (χ1) is 8.92. The first kappa shape index (κ1) is 16.4. The molecule has 0 saturated heterocycles. The minimum Gasteiger partial charge on any atom is -0.481 e. The van der Waals surface area contributed by atoms with Gasteiger partial charge in [-0.25, -0.2) is 0 Å². The molecule has 0 saturated carbocycles. The highest BCUT2D eigenvalue weighted by molar-refractivity contribution is 5.93. The molecule has 0 unspecified atom stereocenters. The van der Waals surface area contributed by atoms with Crippen LogP contribution in [0.5, 0.6) is 0 Å². The van der Waals surface area contributed by atoms with Crippen molar-refractivity contribution >= 4 is 23.1 Å². The number of benzene rings is 1. The number of carboxylic acids is 1. The number of nitriles is 1. The molecule has 0 atom stereocenters. The Bertz CT molecular complexity index is 480. The normalized spacial score (nSPS) is 8.68. The van der Waals surface area contributed by atoms with Crippen LogP contribution in [0.4, 0.5) is 11.4 Å². The van der Waals surface area contributed by atoms with Crippen molar-refractivity contribution in [2.75, 3.05) is 17.6 Å². The van der Waals surface area contributed by atoms with Crippen molar-refractivity contribution in [3.05, 3.63) is 23.8 Å². The summed E-state index contributed by atoms with van der Waals surface area (Å²) in [5, 5.41) is 19.6. The number of Topliss-reactive ketones (excluding diaryl/α,β-unsaturated/α-hetero) is 1. The average Bonchev–Trinajstić information content (AvgIpc) is 2.31. The zero-order valence-corrected chi connectivity index (χ0v) is 10.9. The maximum atomic E-state index is 9.87. The highest BCUT2D eigenvalue weighted by Crippen LogP contribution is 2.21. The molecule has 0 spiro atoms. The number of nitrogens with one attached hydrogen (secondary N) is 1. The summed E-state index contributed by atoms with van der Waals surface area (Å²) in [7, 11) is 0. The number of aliphatic carboxylic acids is 1. The number of nitrogens with zero attached hydrogens (tertiary/aromatic N) is 1. The second-order valence-corrected chi connectivity index (χ2v) is 3.68. The summed E-state index contributed by atoms with van der Waals surface area (Å²) in [5.74, 6) is -1.37. The smallest absolute Gasteiger partial charge is 0.310 e. The van der Waals surface area contributed by atoms with Gasteiger partial charge in [0.15, 0.2) is 0 Å². The fraction of sp³-hybridized carbons (Fsp3) is 0.308. The highest BCUT2D eigenvalue weighted by Gasteiger charge is 2.01. The predicted molar refractivity (Wildman–Crippen MR) is 72.7 cm³/mol. The molecule has 0 aliphatic rings. The van der Waals surface area contributed by atoms with Gasteiger partial charge in [-0.2, -0.15) is 5.26 Å². The lowest BCUT2D eigenvalue weighted by Gasteiger charge is -2.06. The molecular weight excluding hydrogens is 246 g/mol. The van der Waals surface area contributed by atoms with Gasteiger partial charge in [0.05, 0.1) is 16.9 Å². The SMILES string of the molecule is CC(=O)CC(=O)O.CCNc1cccc(C#N)c1N. The summed E-state index contributed by atoms with van der Waals surface area (Å²) in [4.78, 5) is 19.5. The third kappa shape index (κ3) is 6.68. The summed E-state index contributed by atoms with van der Waals surface area (Å²) < 4.78 is 0. The van der Waals surface area contributed by atoms with Gasteiger partial charge in [0.1, 0.15) is 18.3 Å². The molecule has 102 valence electrons. The zero-order valence-electron chi connectivity index (χ0n) is 10.9. The molecule has 0 radical (unpaired) electrons. The molecule has 0 fully saturated rings. The highest BCUT2D eigenvalue weighted by atomic mass is 16.4. The van der Waals surface area contributed by atoms with E-state index in [0.29, 0.717) is 11.3 Å². The molecule has 0 bridgehead atoms. The van der Waals surface area contributed by atoms with Crippen molar-refractivity contribution in [2.24, 2.45) is 0 Å². The number of ketones is 1. The average molecular weight is 263 g/mol. The summed E-state index contributed by atoms with van der Waals surface area (Å²) in [6.07, 6.45) is -0.361. The lowest BCUT2D eigenvalue weighted by molar-refractivity contribution is -0.139. The lowest BCUT2D eigenvalue weighted by Crippen LogP contribution is -2.02. The molecule has 6 heteroatoms. The Morgan fingerprint density at radius 1 is 1.47 bits per heavy atom. The number of hydrogen-bond acceptors (Lipinski definition) is 5. The number of carbonyl (C=O) groups excluding carboxylic acids is 1. The molecule has 1 aromatic carbocycles. The predicted octanol–water partition coefficient (Wildman–Crippen LogP) is 1.62. The number of nitrogen functional groups attached to an aromatic ring is 1. The van der Waals surface area contributed by atoms with E-state index in [-0.39, 0.29) is 12.2 Å². The Morgan fingerprint density at radius 2 is 2.11 bits per heavy atom. The van der Waals surface area contributed by atoms with Crippen molar-refractivity contribution in [3.8, 4) is 6.07 Å². The van der Waals surface area contributed by atoms with Crippen molar-refractivity contribution in [1.82, 2.24) is 0 Å². The number of carbonyl (C=O) groups is 2. The second kappa shape index (κ2) is 8.53. The molecule has 1 rings (SSSR count). The first-order valence-electron chi connectivity index (χ1n) is 5.66. The summed E-state index contributed by atoms with van der Waals surface area (Å²) in [6.45, 7) is 4.03. The van der Waals surface area contributed by atoms with Gasteiger partial charge < -0.3 is 16.2 Å². The summed E-state index contributed by atoms with van der Waals surface area (Å²) in [6, 6.07) is 7.41. The number of nitrogens with two attached hydrogens (primary N) is 1. The van der Waals surface area contributed by atoms with Crippen LogP contribution in [0.3, 0.4) is 0 Å². The van der Waals surface area contributed by atoms with Crippen LogP contribution in [-0.4, -0.2) is 23.4 Å². The Kier molecular flexibility index (Phi) is 7.38. The van der Waals surface area contributed by atoms with Crippen molar-refractivity contribution in [1.29, 1.82) is 5.26 Å². The van der Waals surface area contributed by atoms with E-state index >= 15 is 0 Å². The third-order valence-corrected chi connectivity index (χ3v) is 1.99. The topological polar surface area (TPSA) is 116 Å². The quantitative estimate of drug-likeness (QED) is 0.561. The van der Waals surface area contributed by atoms with E-state index in [1.165, 1.54) is 6.92 Å². The molecule has 0 aliphatic carbocycles. The van der Waals surface area contributed by atoms with Gasteiger partial charge in [0.2, 0.25) is 0 Å². The first-order valence-corrected chi connectivity index (χ1v) is 5.66. The minimum absolute atomic E-state index is 0.312. The molecule has 6 nitrogen and oxygen atoms in total. The Balaban J connectivity index is 0.000000399. The molecule has 0 aromatic heterocycles. The molecule has 1 aromatic rings. The van der Waals surface area contributed by atoms with Crippen LogP contribution in [0.1, 0.15) is 25.8 Å². The van der Waals surface area contributed by atoms with Gasteiger partial charge in [0.25, 0.3) is 0 Å². The van der Waals surface area contributed by atoms with E-state index in [9.17, 15) is 9.59 Å². The number of rotatable bonds is 4. The van der Waals surface area contributed by atoms with E-state index in [2.05, 4.69) is 5.32 Å². The van der Waals surface area contributed by atoms with Crippen LogP contribution in [0.15, 0.2) is 18.2 Å². The van der Waals surface area contributed by atoms with Crippen LogP contribution in [0.2, 0.25) is 0 Å². The van der Waals surface area contributed by atoms with Gasteiger partial charge in [-0.3, -0.25) is 9.59 Å². The van der Waals surface area contributed by atoms with E-state index in [4.69, 9.17) is 16.1 Å². The zero-order chi connectivity index (χ0) is 14.8. The van der Waals surface area contributed by atoms with Gasteiger partial charge in [-0.05, 0) is 26.0 Å². The number of hydrogen-bond donors (Lipinski definition) is 3. The van der Waals surface area contributed by atoms with Crippen LogP contribution in [0.25, 0.3) is 0 Å². The van der Waals surface area contributed by atoms with Crippen LogP contribution < -0.4 is 11.1 Å². The van der Waals surface area contributed by atoms with Crippen LogP contribution in [0, 0.1) is 11.3 Å². The fourth-order valence-electron chi connectivity index (χ4n) is 1.22. The molecule has 0 aliphatic heterocycles. The molecule has 19 heavy (non-hydrogen) atoms. The van der Waals surface area contributed by atoms with E-state index in [1.807, 2.05) is 25.1 Å². The maximum absolute atomic E-state index is 9.87. The Labute approximate surface area is 111 Å². The van der Waals surface area contributed by atoms with Gasteiger partial charge in [-0.15, -0.1) is 0 Å². The Morgan fingerprint density at radius 3 is 2.47 bits per heavy atom. The monoisotopic (exact) mass is 263 g/mol. The Hall–Kier alpha value is -2.55. The number of anilines is 2. The maximum Gasteiger partial charge on any atom is 0.310 e. The number of carboxylic acid groups (broad SMARTS) is 1. The van der Waals surface area contributed by atoms with Gasteiger partial charge in [-0.1, -0.05) is 6.07 Å². The van der Waals surface area contributed by atoms with Gasteiger partial charge in [0, 0.05) is 6.54 Å². The lowest BCUT2D eigenvalue weighted by atomic mass is 10.1. The number of para-hydroxylation sites is 1. The van der Waals surface area contributed by atoms with E-state index in [0.717, 1.165) is 12.2 Å². The van der Waals surface area contributed by atoms with Crippen LogP contribution in [-0.2, 0) is 9.59 Å². The van der Waals surface area contributed by atoms with Crippen molar-refractivity contribution in [3.63, 3.8) is 0 Å². The molecule has 4 N–H and O–H groups in total. The largest absolute Gasteiger partial charge is 0.481 e. The van der Waals surface area contributed by atoms with Crippen molar-refractivity contribution in [2.45, 2.75) is 20.3 Å². The van der Waals surface area contributed by atoms with E-state index < -0.39 is 5.97 Å². The fourth-order valence-corrected chi connectivity index (χ4v) is 1.22. The van der Waals surface area contributed by atoms with Crippen molar-refractivity contribution < 1.29 is 14.7 Å². The molecular formula is C13H17N3O3. The van der Waals surface area contributed by atoms with Crippen LogP contribution >= 0.6 is 0 Å². The minimum atomic E-state index is -1.06. The summed E-state index contributed by atoms with van der Waals surface area (Å²) in [5.41, 5.74) is 7.58. The summed E-state index contributed by atoms with van der Waals surface area (Å²) >= 11 is 0. The van der Waals surface area contributed by atoms with E-state index in [1.54, 1.807) is 6.07 Å². The third-order valence-electron chi connectivity index (χ3n) is 1.99. The second-order valence-electron chi connectivity index (χ2n) is 3.68.